The Labute approximate surface area is 220 Å². The summed E-state index contributed by atoms with van der Waals surface area (Å²) < 4.78 is 0. The smallest absolute Gasteiger partial charge is 0.235 e. The van der Waals surface area contributed by atoms with Gasteiger partial charge in [0.15, 0.2) is 34.7 Å². The molecule has 2 saturated carbocycles. The Bertz CT molecular complexity index is 1360. The fourth-order valence-corrected chi connectivity index (χ4v) is 7.08. The van der Waals surface area contributed by atoms with Gasteiger partial charge in [0.2, 0.25) is 5.91 Å². The summed E-state index contributed by atoms with van der Waals surface area (Å²) in [4.78, 5) is 66.3. The number of primary amides is 1. The first-order valence-corrected chi connectivity index (χ1v) is 13.0. The van der Waals surface area contributed by atoms with Crippen LogP contribution in [0.2, 0.25) is 0 Å². The normalized spacial score (nSPS) is 30.6. The number of hydrogen-bond donors (Lipinski definition) is 3. The number of ketones is 4. The van der Waals surface area contributed by atoms with Crippen LogP contribution in [0.25, 0.3) is 0 Å². The first-order valence-electron chi connectivity index (χ1n) is 13.0. The number of hydrogen-bond acceptors (Lipinski definition) is 7. The highest BCUT2D eigenvalue weighted by Gasteiger charge is 2.69. The van der Waals surface area contributed by atoms with E-state index in [2.05, 4.69) is 0 Å². The van der Waals surface area contributed by atoms with Crippen LogP contribution in [0.3, 0.4) is 0 Å². The lowest BCUT2D eigenvalue weighted by atomic mass is 9.49. The third-order valence-corrected chi connectivity index (χ3v) is 8.82. The van der Waals surface area contributed by atoms with Crippen LogP contribution >= 0.6 is 0 Å². The van der Waals surface area contributed by atoms with Gasteiger partial charge in [0.1, 0.15) is 5.75 Å². The monoisotopic (exact) mass is 517 g/mol. The molecule has 6 atom stereocenters. The maximum atomic E-state index is 13.9. The van der Waals surface area contributed by atoms with Crippen molar-refractivity contribution >= 4 is 29.0 Å². The number of aliphatic hydroxyl groups is 1. The van der Waals surface area contributed by atoms with E-state index in [1.54, 1.807) is 19.9 Å². The van der Waals surface area contributed by atoms with Crippen molar-refractivity contribution in [2.45, 2.75) is 45.1 Å². The summed E-state index contributed by atoms with van der Waals surface area (Å²) in [6, 6.07) is 13.1. The molecule has 0 aromatic heterocycles. The predicted octanol–water partition coefficient (Wildman–Crippen LogP) is 1.99. The van der Waals surface area contributed by atoms with Gasteiger partial charge in [0, 0.05) is 11.8 Å². The molecule has 0 bridgehead atoms. The van der Waals surface area contributed by atoms with Crippen LogP contribution in [0, 0.1) is 35.5 Å². The number of benzene rings is 2. The van der Waals surface area contributed by atoms with Gasteiger partial charge < -0.3 is 15.9 Å². The summed E-state index contributed by atoms with van der Waals surface area (Å²) in [7, 11) is 0. The Morgan fingerprint density at radius 1 is 1.03 bits per heavy atom. The van der Waals surface area contributed by atoms with Gasteiger partial charge in [-0.25, -0.2) is 0 Å². The van der Waals surface area contributed by atoms with Crippen molar-refractivity contribution in [2.24, 2.45) is 41.2 Å². The molecule has 4 N–H and O–H groups in total. The number of aromatic hydroxyl groups is 1. The third kappa shape index (κ3) is 3.73. The van der Waals surface area contributed by atoms with E-state index in [0.717, 1.165) is 11.1 Å². The van der Waals surface area contributed by atoms with Gasteiger partial charge in [-0.2, -0.15) is 0 Å². The van der Waals surface area contributed by atoms with E-state index in [9.17, 15) is 34.2 Å². The number of aryl methyl sites for hydroxylation is 2. The topological polar surface area (TPSA) is 152 Å². The van der Waals surface area contributed by atoms with Crippen molar-refractivity contribution in [1.29, 1.82) is 0 Å². The zero-order valence-electron chi connectivity index (χ0n) is 21.3. The number of amides is 1. The van der Waals surface area contributed by atoms with Crippen LogP contribution < -0.4 is 5.73 Å². The SMILES string of the molecule is CC(C)[C@@H]1C(=O)C(C(N)=O)C(=O)[C@@]2(O)C(=O)C3C(=O)c4c(O)ccc(CCc5ccccc5)c4C[C@H]3C[C@@H]12. The number of nitrogens with two attached hydrogens (primary N) is 1. The highest BCUT2D eigenvalue weighted by atomic mass is 16.3. The van der Waals surface area contributed by atoms with E-state index in [1.165, 1.54) is 6.07 Å². The first kappa shape index (κ1) is 26.0. The Kier molecular flexibility index (Phi) is 6.34. The summed E-state index contributed by atoms with van der Waals surface area (Å²) in [5.41, 5.74) is 5.40. The van der Waals surface area contributed by atoms with Crippen molar-refractivity contribution in [3.8, 4) is 5.75 Å². The maximum absolute atomic E-state index is 13.9. The average molecular weight is 518 g/mol. The molecule has 5 rings (SSSR count). The molecular weight excluding hydrogens is 486 g/mol. The van der Waals surface area contributed by atoms with Crippen LogP contribution in [0.4, 0.5) is 0 Å². The van der Waals surface area contributed by atoms with Crippen molar-refractivity contribution < 1.29 is 34.2 Å². The molecule has 0 radical (unpaired) electrons. The molecule has 0 spiro atoms. The number of phenolic OH excluding ortho intramolecular Hbond substituents is 1. The number of phenols is 1. The molecule has 0 aliphatic heterocycles. The van der Waals surface area contributed by atoms with Gasteiger partial charge in [0.25, 0.3) is 0 Å². The molecule has 2 aromatic carbocycles. The minimum Gasteiger partial charge on any atom is -0.507 e. The molecule has 0 saturated heterocycles. The van der Waals surface area contributed by atoms with Crippen LogP contribution in [0.15, 0.2) is 42.5 Å². The maximum Gasteiger partial charge on any atom is 0.235 e. The van der Waals surface area contributed by atoms with Crippen LogP contribution in [0.5, 0.6) is 5.75 Å². The molecule has 2 fully saturated rings. The van der Waals surface area contributed by atoms with E-state index in [0.29, 0.717) is 18.4 Å². The molecular formula is C30H31NO7. The molecule has 1 amide bonds. The molecule has 3 aliphatic rings. The summed E-state index contributed by atoms with van der Waals surface area (Å²) in [6.07, 6.45) is 1.70. The van der Waals surface area contributed by atoms with E-state index in [-0.39, 0.29) is 30.1 Å². The Morgan fingerprint density at radius 3 is 2.34 bits per heavy atom. The lowest BCUT2D eigenvalue weighted by Gasteiger charge is -2.52. The third-order valence-electron chi connectivity index (χ3n) is 8.82. The Balaban J connectivity index is 1.56. The largest absolute Gasteiger partial charge is 0.507 e. The van der Waals surface area contributed by atoms with Crippen molar-refractivity contribution in [3.05, 3.63) is 64.7 Å². The molecule has 2 unspecified atom stereocenters. The van der Waals surface area contributed by atoms with E-state index < -0.39 is 64.2 Å². The van der Waals surface area contributed by atoms with Gasteiger partial charge in [-0.15, -0.1) is 0 Å². The van der Waals surface area contributed by atoms with Crippen molar-refractivity contribution in [3.63, 3.8) is 0 Å². The summed E-state index contributed by atoms with van der Waals surface area (Å²) in [6.45, 7) is 3.46. The second kappa shape index (κ2) is 9.27. The summed E-state index contributed by atoms with van der Waals surface area (Å²) in [5.74, 6) is -11.3. The Hall–Kier alpha value is -3.65. The lowest BCUT2D eigenvalue weighted by molar-refractivity contribution is -0.182. The molecule has 8 nitrogen and oxygen atoms in total. The second-order valence-electron chi connectivity index (χ2n) is 11.2. The van der Waals surface area contributed by atoms with Crippen LogP contribution in [0.1, 0.15) is 47.3 Å². The fraction of sp³-hybridized carbons (Fsp3) is 0.433. The zero-order valence-corrected chi connectivity index (χ0v) is 21.3. The van der Waals surface area contributed by atoms with Crippen LogP contribution in [-0.2, 0) is 38.4 Å². The number of fused-ring (bicyclic) bond motifs is 3. The average Bonchev–Trinajstić information content (AvgIpc) is 2.86. The van der Waals surface area contributed by atoms with Gasteiger partial charge in [-0.05, 0) is 60.3 Å². The minimum atomic E-state index is -2.67. The van der Waals surface area contributed by atoms with E-state index >= 15 is 0 Å². The molecule has 8 heteroatoms. The molecule has 0 heterocycles. The predicted molar refractivity (Wildman–Crippen MR) is 136 cm³/mol. The van der Waals surface area contributed by atoms with Gasteiger partial charge in [-0.3, -0.25) is 24.0 Å². The van der Waals surface area contributed by atoms with Crippen LogP contribution in [-0.4, -0.2) is 44.9 Å². The van der Waals surface area contributed by atoms with E-state index in [4.69, 9.17) is 5.73 Å². The molecule has 3 aliphatic carbocycles. The lowest BCUT2D eigenvalue weighted by Crippen LogP contribution is -2.71. The number of carbonyl (C=O) groups is 5. The van der Waals surface area contributed by atoms with Crippen molar-refractivity contribution in [2.75, 3.05) is 0 Å². The van der Waals surface area contributed by atoms with Gasteiger partial charge in [-0.1, -0.05) is 50.2 Å². The highest BCUT2D eigenvalue weighted by molar-refractivity contribution is 6.31. The molecule has 2 aromatic rings. The minimum absolute atomic E-state index is 0.0402. The molecule has 198 valence electrons. The highest BCUT2D eigenvalue weighted by Crippen LogP contribution is 2.53. The standard InChI is InChI=1S/C30H31NO7/c1-14(2)21-19-13-17-12-18-16(9-8-15-6-4-3-5-7-15)10-11-20(32)23(18)26(34)22(17)27(35)30(19,38)28(36)24(25(21)33)29(31)37/h3-7,10-11,14,17,19,21-22,24,32,38H,8-9,12-13H2,1-2H3,(H2,31,37)/t17-,19-,21-,22?,24?,30-/m0/s1. The second-order valence-corrected chi connectivity index (χ2v) is 11.2. The van der Waals surface area contributed by atoms with Crippen molar-refractivity contribution in [1.82, 2.24) is 0 Å². The Morgan fingerprint density at radius 2 is 1.71 bits per heavy atom. The number of Topliss-reactive ketones (excluding diaryl/α,β-unsaturated/α-hetero) is 4. The number of carbonyl (C=O) groups excluding carboxylic acids is 5. The molecule has 38 heavy (non-hydrogen) atoms. The first-order chi connectivity index (χ1) is 18.0. The van der Waals surface area contributed by atoms with E-state index in [1.807, 2.05) is 30.3 Å². The summed E-state index contributed by atoms with van der Waals surface area (Å²) >= 11 is 0. The number of rotatable bonds is 5. The fourth-order valence-electron chi connectivity index (χ4n) is 7.08. The van der Waals surface area contributed by atoms with Gasteiger partial charge >= 0.3 is 0 Å². The quantitative estimate of drug-likeness (QED) is 0.513. The summed E-state index contributed by atoms with van der Waals surface area (Å²) in [5, 5.41) is 22.3. The zero-order chi connectivity index (χ0) is 27.5. The van der Waals surface area contributed by atoms with Gasteiger partial charge in [0.05, 0.1) is 11.5 Å².